The first-order valence-electron chi connectivity index (χ1n) is 4.30. The lowest BCUT2D eigenvalue weighted by molar-refractivity contribution is -0.144. The van der Waals surface area contributed by atoms with Crippen molar-refractivity contribution in [3.05, 3.63) is 0 Å². The van der Waals surface area contributed by atoms with Crippen LogP contribution in [-0.4, -0.2) is 48.3 Å². The molecule has 1 fully saturated rings. The van der Waals surface area contributed by atoms with E-state index in [1.165, 1.54) is 0 Å². The predicted molar refractivity (Wildman–Crippen MR) is 43.7 cm³/mol. The summed E-state index contributed by atoms with van der Waals surface area (Å²) >= 11 is 0. The van der Waals surface area contributed by atoms with Crippen LogP contribution in [0.4, 0.5) is 0 Å². The zero-order valence-corrected chi connectivity index (χ0v) is 7.32. The van der Waals surface area contributed by atoms with E-state index >= 15 is 0 Å². The molecular weight excluding hydrogens is 158 g/mol. The van der Waals surface area contributed by atoms with Gasteiger partial charge in [0.25, 0.3) is 5.91 Å². The van der Waals surface area contributed by atoms with Gasteiger partial charge in [0.05, 0.1) is 13.2 Å². The zero-order chi connectivity index (χ0) is 8.97. The van der Waals surface area contributed by atoms with Gasteiger partial charge in [-0.15, -0.1) is 0 Å². The Kier molecular flexibility index (Phi) is 3.49. The molecule has 0 aliphatic carbocycles. The molecule has 0 aromatic rings. The van der Waals surface area contributed by atoms with Gasteiger partial charge in [0.2, 0.25) is 0 Å². The van der Waals surface area contributed by atoms with E-state index in [0.717, 1.165) is 0 Å². The number of carbonyl (C=O) groups is 1. The molecule has 1 atom stereocenters. The molecule has 1 heterocycles. The quantitative estimate of drug-likeness (QED) is 0.619. The molecule has 4 heteroatoms. The Morgan fingerprint density at radius 1 is 1.58 bits per heavy atom. The van der Waals surface area contributed by atoms with E-state index in [-0.39, 0.29) is 5.91 Å². The minimum absolute atomic E-state index is 0.166. The predicted octanol–water partition coefficient (Wildman–Crippen LogP) is -0.384. The number of rotatable bonds is 2. The molecule has 0 aromatic heterocycles. The minimum Gasteiger partial charge on any atom is -0.383 e. The average Bonchev–Trinajstić information content (AvgIpc) is 2.17. The summed E-state index contributed by atoms with van der Waals surface area (Å²) in [6.45, 7) is 4.18. The molecule has 1 saturated heterocycles. The fraction of sp³-hybridized carbons (Fsp3) is 0.875. The molecule has 1 aliphatic rings. The molecule has 4 nitrogen and oxygen atoms in total. The Morgan fingerprint density at radius 2 is 2.17 bits per heavy atom. The second-order valence-corrected chi connectivity index (χ2v) is 2.86. The summed E-state index contributed by atoms with van der Waals surface area (Å²) in [4.78, 5) is 13.0. The van der Waals surface area contributed by atoms with Crippen LogP contribution in [0.5, 0.6) is 0 Å². The Morgan fingerprint density at radius 3 is 2.67 bits per heavy atom. The minimum atomic E-state index is -0.830. The van der Waals surface area contributed by atoms with Crippen LogP contribution in [0.2, 0.25) is 0 Å². The van der Waals surface area contributed by atoms with Gasteiger partial charge in [-0.25, -0.2) is 0 Å². The highest BCUT2D eigenvalue weighted by atomic mass is 16.5. The van der Waals surface area contributed by atoms with Gasteiger partial charge in [0, 0.05) is 13.1 Å². The molecule has 0 radical (unpaired) electrons. The highest BCUT2D eigenvalue weighted by Gasteiger charge is 2.21. The first kappa shape index (κ1) is 9.48. The molecule has 0 bridgehead atoms. The van der Waals surface area contributed by atoms with Crippen molar-refractivity contribution in [1.82, 2.24) is 4.90 Å². The summed E-state index contributed by atoms with van der Waals surface area (Å²) in [6, 6.07) is 0. The van der Waals surface area contributed by atoms with E-state index in [2.05, 4.69) is 0 Å². The van der Waals surface area contributed by atoms with Gasteiger partial charge in [-0.3, -0.25) is 4.79 Å². The average molecular weight is 173 g/mol. The van der Waals surface area contributed by atoms with Crippen LogP contribution in [0, 0.1) is 0 Å². The van der Waals surface area contributed by atoms with Crippen LogP contribution in [0.25, 0.3) is 0 Å². The largest absolute Gasteiger partial charge is 0.383 e. The second kappa shape index (κ2) is 4.42. The van der Waals surface area contributed by atoms with Crippen molar-refractivity contribution >= 4 is 5.91 Å². The number of hydrogen-bond donors (Lipinski definition) is 1. The molecule has 70 valence electrons. The lowest BCUT2D eigenvalue weighted by Crippen LogP contribution is -2.45. The normalized spacial score (nSPS) is 20.7. The van der Waals surface area contributed by atoms with E-state index in [1.54, 1.807) is 11.8 Å². The van der Waals surface area contributed by atoms with Crippen molar-refractivity contribution < 1.29 is 14.6 Å². The third kappa shape index (κ3) is 2.19. The van der Waals surface area contributed by atoms with Gasteiger partial charge in [0.1, 0.15) is 6.10 Å². The number of morpholine rings is 1. The maximum atomic E-state index is 11.3. The van der Waals surface area contributed by atoms with Crippen molar-refractivity contribution in [2.45, 2.75) is 19.4 Å². The van der Waals surface area contributed by atoms with Gasteiger partial charge < -0.3 is 14.7 Å². The molecule has 0 spiro atoms. The summed E-state index contributed by atoms with van der Waals surface area (Å²) in [6.07, 6.45) is -0.348. The molecule has 1 rings (SSSR count). The van der Waals surface area contributed by atoms with Gasteiger partial charge in [-0.2, -0.15) is 0 Å². The fourth-order valence-corrected chi connectivity index (χ4v) is 1.17. The van der Waals surface area contributed by atoms with Crippen LogP contribution in [0.1, 0.15) is 13.3 Å². The maximum absolute atomic E-state index is 11.3. The summed E-state index contributed by atoms with van der Waals surface area (Å²) in [5.74, 6) is -0.166. The monoisotopic (exact) mass is 173 g/mol. The van der Waals surface area contributed by atoms with Gasteiger partial charge >= 0.3 is 0 Å². The Bertz CT molecular complexity index is 154. The Labute approximate surface area is 72.1 Å². The molecule has 12 heavy (non-hydrogen) atoms. The third-order valence-electron chi connectivity index (χ3n) is 1.99. The molecule has 0 saturated carbocycles. The van der Waals surface area contributed by atoms with E-state index in [0.29, 0.717) is 32.7 Å². The number of ether oxygens (including phenoxy) is 1. The van der Waals surface area contributed by atoms with Crippen molar-refractivity contribution in [3.63, 3.8) is 0 Å². The summed E-state index contributed by atoms with van der Waals surface area (Å²) in [5, 5.41) is 9.25. The summed E-state index contributed by atoms with van der Waals surface area (Å²) in [5.41, 5.74) is 0. The zero-order valence-electron chi connectivity index (χ0n) is 7.32. The number of aliphatic hydroxyl groups is 1. The van der Waals surface area contributed by atoms with Gasteiger partial charge in [0.15, 0.2) is 0 Å². The standard InChI is InChI=1S/C8H15NO3/c1-2-7(10)8(11)9-3-5-12-6-4-9/h7,10H,2-6H2,1H3. The molecule has 1 unspecified atom stereocenters. The lowest BCUT2D eigenvalue weighted by Gasteiger charge is -2.28. The summed E-state index contributed by atoms with van der Waals surface area (Å²) < 4.78 is 5.09. The number of aliphatic hydroxyl groups excluding tert-OH is 1. The first-order valence-corrected chi connectivity index (χ1v) is 4.30. The van der Waals surface area contributed by atoms with Crippen molar-refractivity contribution in [1.29, 1.82) is 0 Å². The SMILES string of the molecule is CCC(O)C(=O)N1CCOCC1. The Balaban J connectivity index is 2.39. The maximum Gasteiger partial charge on any atom is 0.251 e. The van der Waals surface area contributed by atoms with Crippen molar-refractivity contribution in [2.75, 3.05) is 26.3 Å². The van der Waals surface area contributed by atoms with Crippen molar-refractivity contribution in [3.8, 4) is 0 Å². The van der Waals surface area contributed by atoms with E-state index in [4.69, 9.17) is 4.74 Å². The number of nitrogens with zero attached hydrogens (tertiary/aromatic N) is 1. The van der Waals surface area contributed by atoms with Gasteiger partial charge in [-0.05, 0) is 6.42 Å². The summed E-state index contributed by atoms with van der Waals surface area (Å²) in [7, 11) is 0. The fourth-order valence-electron chi connectivity index (χ4n) is 1.17. The molecule has 1 amide bonds. The molecule has 1 N–H and O–H groups in total. The highest BCUT2D eigenvalue weighted by Crippen LogP contribution is 2.02. The number of amides is 1. The number of carbonyl (C=O) groups excluding carboxylic acids is 1. The first-order chi connectivity index (χ1) is 5.75. The van der Waals surface area contributed by atoms with Gasteiger partial charge in [-0.1, -0.05) is 6.92 Å². The van der Waals surface area contributed by atoms with E-state index in [9.17, 15) is 9.90 Å². The van der Waals surface area contributed by atoms with E-state index in [1.807, 2.05) is 0 Å². The molecule has 1 aliphatic heterocycles. The highest BCUT2D eigenvalue weighted by molar-refractivity contribution is 5.80. The van der Waals surface area contributed by atoms with Crippen LogP contribution < -0.4 is 0 Å². The molecular formula is C8H15NO3. The molecule has 0 aromatic carbocycles. The topological polar surface area (TPSA) is 49.8 Å². The second-order valence-electron chi connectivity index (χ2n) is 2.86. The number of hydrogen-bond acceptors (Lipinski definition) is 3. The lowest BCUT2D eigenvalue weighted by atomic mass is 10.2. The van der Waals surface area contributed by atoms with Crippen LogP contribution in [0.3, 0.4) is 0 Å². The smallest absolute Gasteiger partial charge is 0.251 e. The van der Waals surface area contributed by atoms with Crippen LogP contribution in [-0.2, 0) is 9.53 Å². The van der Waals surface area contributed by atoms with Crippen LogP contribution in [0.15, 0.2) is 0 Å². The third-order valence-corrected chi connectivity index (χ3v) is 1.99. The van der Waals surface area contributed by atoms with Crippen molar-refractivity contribution in [2.24, 2.45) is 0 Å². The van der Waals surface area contributed by atoms with E-state index < -0.39 is 6.10 Å². The van der Waals surface area contributed by atoms with Crippen LogP contribution >= 0.6 is 0 Å². The Hall–Kier alpha value is -0.610.